The molecule has 0 amide bonds. The van der Waals surface area contributed by atoms with Crippen molar-refractivity contribution in [2.45, 2.75) is 25.0 Å². The number of aliphatic hydroxyl groups is 1. The second-order valence-electron chi connectivity index (χ2n) is 2.97. The molecule has 13 heavy (non-hydrogen) atoms. The summed E-state index contributed by atoms with van der Waals surface area (Å²) in [5, 5.41) is 8.89. The van der Waals surface area contributed by atoms with Gasteiger partial charge in [-0.1, -0.05) is 0 Å². The Hall–Kier alpha value is -0.340. The quantitative estimate of drug-likeness (QED) is 0.561. The Labute approximate surface area is 73.4 Å². The van der Waals surface area contributed by atoms with Gasteiger partial charge in [0.15, 0.2) is 0 Å². The van der Waals surface area contributed by atoms with E-state index in [1.807, 2.05) is 0 Å². The minimum absolute atomic E-state index is 0.936. The highest BCUT2D eigenvalue weighted by atomic mass is 32.2. The zero-order chi connectivity index (χ0) is 10.9. The van der Waals surface area contributed by atoms with Crippen LogP contribution in [0.25, 0.3) is 0 Å². The van der Waals surface area contributed by atoms with Crippen LogP contribution in [0, 0.1) is 0 Å². The summed E-state index contributed by atoms with van der Waals surface area (Å²) >= 11 is 0. The summed E-state index contributed by atoms with van der Waals surface area (Å²) in [5.41, 5.74) is -7.07. The van der Waals surface area contributed by atoms with Crippen molar-refractivity contribution in [3.8, 4) is 0 Å². The number of hydrogen-bond acceptors (Lipinski definition) is 4. The largest absolute Gasteiger partial charge is 0.523 e. The van der Waals surface area contributed by atoms with Gasteiger partial charge in [0.25, 0.3) is 0 Å². The topological polar surface area (TPSA) is 63.6 Å². The SMILES string of the molecule is CC(C)(O)COS(=O)(=O)C(F)(F)F. The Balaban J connectivity index is 4.40. The van der Waals surface area contributed by atoms with Crippen LogP contribution in [-0.4, -0.2) is 31.2 Å². The van der Waals surface area contributed by atoms with Crippen LogP contribution in [0.1, 0.15) is 13.8 Å². The summed E-state index contributed by atoms with van der Waals surface area (Å²) in [6, 6.07) is 0. The van der Waals surface area contributed by atoms with E-state index in [1.165, 1.54) is 0 Å². The molecule has 0 heterocycles. The van der Waals surface area contributed by atoms with Gasteiger partial charge in [-0.25, -0.2) is 0 Å². The summed E-state index contributed by atoms with van der Waals surface area (Å²) in [7, 11) is -5.59. The molecule has 0 spiro atoms. The van der Waals surface area contributed by atoms with E-state index in [9.17, 15) is 21.6 Å². The molecule has 0 atom stereocenters. The zero-order valence-corrected chi connectivity index (χ0v) is 7.74. The fourth-order valence-electron chi connectivity index (χ4n) is 0.289. The van der Waals surface area contributed by atoms with Crippen molar-refractivity contribution >= 4 is 10.1 Å². The summed E-state index contributed by atoms with van der Waals surface area (Å²) < 4.78 is 58.9. The van der Waals surface area contributed by atoms with Crippen molar-refractivity contribution in [3.63, 3.8) is 0 Å². The highest BCUT2D eigenvalue weighted by Gasteiger charge is 2.47. The average Bonchev–Trinajstić information content (AvgIpc) is 1.79. The second kappa shape index (κ2) is 3.43. The fourth-order valence-corrected chi connectivity index (χ4v) is 0.866. The molecule has 0 saturated heterocycles. The Bertz CT molecular complexity index is 260. The Kier molecular flexibility index (Phi) is 3.34. The summed E-state index contributed by atoms with van der Waals surface area (Å²) in [5.74, 6) is 0. The normalized spacial score (nSPS) is 14.6. The van der Waals surface area contributed by atoms with Gasteiger partial charge in [0.05, 0.1) is 12.2 Å². The highest BCUT2D eigenvalue weighted by Crippen LogP contribution is 2.25. The molecule has 4 nitrogen and oxygen atoms in total. The first kappa shape index (κ1) is 12.7. The van der Waals surface area contributed by atoms with E-state index in [-0.39, 0.29) is 0 Å². The number of rotatable bonds is 3. The molecule has 0 aliphatic heterocycles. The van der Waals surface area contributed by atoms with Crippen LogP contribution in [-0.2, 0) is 14.3 Å². The molecule has 0 aromatic carbocycles. The molecule has 80 valence electrons. The maximum atomic E-state index is 11.6. The van der Waals surface area contributed by atoms with Gasteiger partial charge >= 0.3 is 15.6 Å². The molecule has 0 rings (SSSR count). The third-order valence-corrected chi connectivity index (χ3v) is 1.85. The first-order chi connectivity index (χ1) is 5.46. The van der Waals surface area contributed by atoms with Crippen LogP contribution in [0.4, 0.5) is 13.2 Å². The summed E-state index contributed by atoms with van der Waals surface area (Å²) in [6.45, 7) is 1.31. The first-order valence-corrected chi connectivity index (χ1v) is 4.55. The van der Waals surface area contributed by atoms with Crippen molar-refractivity contribution < 1.29 is 30.9 Å². The van der Waals surface area contributed by atoms with Crippen LogP contribution >= 0.6 is 0 Å². The van der Waals surface area contributed by atoms with Crippen molar-refractivity contribution in [3.05, 3.63) is 0 Å². The molecule has 0 aromatic heterocycles. The molecular formula is C5H9F3O4S. The van der Waals surface area contributed by atoms with Gasteiger partial charge in [-0.05, 0) is 13.8 Å². The fraction of sp³-hybridized carbons (Fsp3) is 1.00. The molecular weight excluding hydrogens is 213 g/mol. The first-order valence-electron chi connectivity index (χ1n) is 3.14. The van der Waals surface area contributed by atoms with Gasteiger partial charge in [0.1, 0.15) is 0 Å². The van der Waals surface area contributed by atoms with Crippen molar-refractivity contribution in [1.29, 1.82) is 0 Å². The number of alkyl halides is 3. The lowest BCUT2D eigenvalue weighted by Crippen LogP contribution is -2.33. The molecule has 0 radical (unpaired) electrons. The standard InChI is InChI=1S/C5H9F3O4S/c1-4(2,9)3-12-13(10,11)5(6,7)8/h9H,3H2,1-2H3. The summed E-state index contributed by atoms with van der Waals surface area (Å²) in [6.07, 6.45) is 0. The van der Waals surface area contributed by atoms with Gasteiger partial charge in [0.2, 0.25) is 0 Å². The molecule has 0 bridgehead atoms. The van der Waals surface area contributed by atoms with E-state index >= 15 is 0 Å². The lowest BCUT2D eigenvalue weighted by Gasteiger charge is -2.17. The van der Waals surface area contributed by atoms with Gasteiger partial charge in [-0.15, -0.1) is 0 Å². The molecule has 0 unspecified atom stereocenters. The van der Waals surface area contributed by atoms with Gasteiger partial charge < -0.3 is 5.11 Å². The third kappa shape index (κ3) is 4.44. The second-order valence-corrected chi connectivity index (χ2v) is 4.58. The zero-order valence-electron chi connectivity index (χ0n) is 6.92. The van der Waals surface area contributed by atoms with Crippen molar-refractivity contribution in [2.24, 2.45) is 0 Å². The van der Waals surface area contributed by atoms with E-state index in [2.05, 4.69) is 4.18 Å². The van der Waals surface area contributed by atoms with Gasteiger partial charge in [-0.3, -0.25) is 4.18 Å². The monoisotopic (exact) mass is 222 g/mol. The van der Waals surface area contributed by atoms with Crippen molar-refractivity contribution in [1.82, 2.24) is 0 Å². The van der Waals surface area contributed by atoms with Crippen LogP contribution in [0.3, 0.4) is 0 Å². The molecule has 0 fully saturated rings. The minimum atomic E-state index is -5.59. The van der Waals surface area contributed by atoms with E-state index in [4.69, 9.17) is 5.11 Å². The van der Waals surface area contributed by atoms with E-state index in [1.54, 1.807) is 0 Å². The van der Waals surface area contributed by atoms with E-state index < -0.39 is 27.8 Å². The minimum Gasteiger partial charge on any atom is -0.388 e. The Morgan fingerprint density at radius 1 is 1.31 bits per heavy atom. The predicted octanol–water partition coefficient (Wildman–Crippen LogP) is 0.624. The highest BCUT2D eigenvalue weighted by molar-refractivity contribution is 7.87. The van der Waals surface area contributed by atoms with E-state index in [0.717, 1.165) is 13.8 Å². The molecule has 0 aliphatic carbocycles. The lowest BCUT2D eigenvalue weighted by molar-refractivity contribution is -0.0598. The number of halogens is 3. The predicted molar refractivity (Wildman–Crippen MR) is 37.2 cm³/mol. The van der Waals surface area contributed by atoms with Crippen LogP contribution in [0.15, 0.2) is 0 Å². The number of hydrogen-bond donors (Lipinski definition) is 1. The summed E-state index contributed by atoms with van der Waals surface area (Å²) in [4.78, 5) is 0. The Morgan fingerprint density at radius 3 is 1.92 bits per heavy atom. The Morgan fingerprint density at radius 2 is 1.69 bits per heavy atom. The molecule has 0 aliphatic rings. The average molecular weight is 222 g/mol. The van der Waals surface area contributed by atoms with Crippen LogP contribution < -0.4 is 0 Å². The maximum absolute atomic E-state index is 11.6. The smallest absolute Gasteiger partial charge is 0.388 e. The van der Waals surface area contributed by atoms with Crippen LogP contribution in [0.5, 0.6) is 0 Å². The van der Waals surface area contributed by atoms with Gasteiger partial charge in [0, 0.05) is 0 Å². The third-order valence-electron chi connectivity index (χ3n) is 0.851. The molecule has 0 aromatic rings. The maximum Gasteiger partial charge on any atom is 0.523 e. The lowest BCUT2D eigenvalue weighted by atomic mass is 10.2. The van der Waals surface area contributed by atoms with Gasteiger partial charge in [-0.2, -0.15) is 21.6 Å². The molecule has 8 heteroatoms. The molecule has 0 saturated carbocycles. The van der Waals surface area contributed by atoms with Crippen molar-refractivity contribution in [2.75, 3.05) is 6.61 Å². The van der Waals surface area contributed by atoms with E-state index in [0.29, 0.717) is 0 Å². The van der Waals surface area contributed by atoms with Crippen LogP contribution in [0.2, 0.25) is 0 Å². The molecule has 1 N–H and O–H groups in total.